The van der Waals surface area contributed by atoms with Gasteiger partial charge in [0.15, 0.2) is 0 Å². The molecule has 1 aromatic heterocycles. The molecule has 1 fully saturated rings. The summed E-state index contributed by atoms with van der Waals surface area (Å²) in [7, 11) is 3.51. The van der Waals surface area contributed by atoms with Gasteiger partial charge >= 0.3 is 5.97 Å². The molecule has 19 heavy (non-hydrogen) atoms. The van der Waals surface area contributed by atoms with Crippen LogP contribution in [-0.2, 0) is 11.3 Å². The van der Waals surface area contributed by atoms with E-state index in [4.69, 9.17) is 0 Å². The van der Waals surface area contributed by atoms with Crippen LogP contribution in [0.3, 0.4) is 0 Å². The maximum absolute atomic E-state index is 11.3. The second-order valence-electron chi connectivity index (χ2n) is 4.93. The highest BCUT2D eigenvalue weighted by Crippen LogP contribution is 2.13. The number of piperidine rings is 1. The van der Waals surface area contributed by atoms with Gasteiger partial charge in [-0.15, -0.1) is 0 Å². The Balaban J connectivity index is 1.93. The number of carbonyl (C=O) groups is 1. The van der Waals surface area contributed by atoms with Gasteiger partial charge in [0.1, 0.15) is 0 Å². The van der Waals surface area contributed by atoms with Crippen molar-refractivity contribution in [3.8, 4) is 0 Å². The van der Waals surface area contributed by atoms with E-state index in [9.17, 15) is 4.79 Å². The molecule has 0 atom stereocenters. The summed E-state index contributed by atoms with van der Waals surface area (Å²) in [5.41, 5.74) is 1.48. The topological polar surface area (TPSA) is 54.5 Å². The number of pyridine rings is 1. The van der Waals surface area contributed by atoms with Gasteiger partial charge in [-0.1, -0.05) is 0 Å². The van der Waals surface area contributed by atoms with Crippen molar-refractivity contribution in [1.29, 1.82) is 0 Å². The van der Waals surface area contributed by atoms with Crippen LogP contribution in [0.4, 0.5) is 0 Å². The lowest BCUT2D eigenvalue weighted by molar-refractivity contribution is 0.0600. The van der Waals surface area contributed by atoms with Gasteiger partial charge < -0.3 is 10.1 Å². The van der Waals surface area contributed by atoms with E-state index in [1.807, 2.05) is 6.07 Å². The zero-order valence-corrected chi connectivity index (χ0v) is 11.6. The highest BCUT2D eigenvalue weighted by Gasteiger charge is 2.18. The summed E-state index contributed by atoms with van der Waals surface area (Å²) in [6.07, 6.45) is 3.94. The van der Waals surface area contributed by atoms with Gasteiger partial charge in [0.2, 0.25) is 0 Å². The smallest absolute Gasteiger partial charge is 0.339 e. The number of hydrogen-bond donors (Lipinski definition) is 1. The molecule has 0 spiro atoms. The molecule has 104 valence electrons. The number of hydrogen-bond acceptors (Lipinski definition) is 5. The first-order valence-electron chi connectivity index (χ1n) is 6.65. The van der Waals surface area contributed by atoms with Crippen LogP contribution in [-0.4, -0.2) is 49.1 Å². The van der Waals surface area contributed by atoms with E-state index >= 15 is 0 Å². The van der Waals surface area contributed by atoms with Crippen LogP contribution in [0.15, 0.2) is 18.3 Å². The zero-order valence-electron chi connectivity index (χ0n) is 11.6. The largest absolute Gasteiger partial charge is 0.465 e. The molecule has 0 amide bonds. The summed E-state index contributed by atoms with van der Waals surface area (Å²) >= 11 is 0. The lowest BCUT2D eigenvalue weighted by Crippen LogP contribution is -2.40. The molecule has 0 saturated carbocycles. The number of methoxy groups -OCH3 is 1. The number of nitrogens with one attached hydrogen (secondary N) is 1. The molecule has 1 N–H and O–H groups in total. The summed E-state index contributed by atoms with van der Waals surface area (Å²) in [4.78, 5) is 18.0. The molecule has 2 rings (SSSR count). The van der Waals surface area contributed by atoms with Crippen LogP contribution in [0.25, 0.3) is 0 Å². The Morgan fingerprint density at radius 3 is 2.79 bits per heavy atom. The van der Waals surface area contributed by atoms with Gasteiger partial charge in [0.05, 0.1) is 18.4 Å². The van der Waals surface area contributed by atoms with Crippen molar-refractivity contribution in [3.05, 3.63) is 29.6 Å². The average Bonchev–Trinajstić information content (AvgIpc) is 2.48. The van der Waals surface area contributed by atoms with E-state index < -0.39 is 0 Å². The number of rotatable bonds is 4. The van der Waals surface area contributed by atoms with Crippen LogP contribution in [0.5, 0.6) is 0 Å². The van der Waals surface area contributed by atoms with Gasteiger partial charge in [0.25, 0.3) is 0 Å². The summed E-state index contributed by atoms with van der Waals surface area (Å²) in [6.45, 7) is 2.99. The Hall–Kier alpha value is -1.46. The predicted molar refractivity (Wildman–Crippen MR) is 72.9 cm³/mol. The fourth-order valence-corrected chi connectivity index (χ4v) is 2.39. The van der Waals surface area contributed by atoms with Gasteiger partial charge in [-0.25, -0.2) is 4.79 Å². The SMILES string of the molecule is COC(=O)c1ccc(CN(C)C2CCNCC2)nc1. The molecule has 0 radical (unpaired) electrons. The molecular weight excluding hydrogens is 242 g/mol. The minimum Gasteiger partial charge on any atom is -0.465 e. The van der Waals surface area contributed by atoms with Gasteiger partial charge in [-0.2, -0.15) is 0 Å². The number of carbonyl (C=O) groups excluding carboxylic acids is 1. The zero-order chi connectivity index (χ0) is 13.7. The molecule has 1 aromatic rings. The highest BCUT2D eigenvalue weighted by atomic mass is 16.5. The van der Waals surface area contributed by atoms with Crippen LogP contribution in [0.1, 0.15) is 28.9 Å². The number of ether oxygens (including phenoxy) is 1. The van der Waals surface area contributed by atoms with Crippen molar-refractivity contribution in [3.63, 3.8) is 0 Å². The standard InChI is InChI=1S/C14H21N3O2/c1-17(13-5-7-15-8-6-13)10-12-4-3-11(9-16-12)14(18)19-2/h3-4,9,13,15H,5-8,10H2,1-2H3. The van der Waals surface area contributed by atoms with Crippen molar-refractivity contribution in [2.75, 3.05) is 27.2 Å². The first kappa shape index (κ1) is 14.0. The van der Waals surface area contributed by atoms with Crippen molar-refractivity contribution in [2.24, 2.45) is 0 Å². The van der Waals surface area contributed by atoms with E-state index in [2.05, 4.69) is 27.0 Å². The Bertz CT molecular complexity index is 413. The Kier molecular flexibility index (Phi) is 4.87. The Labute approximate surface area is 114 Å². The summed E-state index contributed by atoms with van der Waals surface area (Å²) < 4.78 is 4.66. The van der Waals surface area contributed by atoms with Gasteiger partial charge in [-0.05, 0) is 45.1 Å². The molecule has 0 aromatic carbocycles. The van der Waals surface area contributed by atoms with E-state index in [1.165, 1.54) is 20.0 Å². The molecular formula is C14H21N3O2. The van der Waals surface area contributed by atoms with Crippen molar-refractivity contribution in [2.45, 2.75) is 25.4 Å². The van der Waals surface area contributed by atoms with E-state index in [-0.39, 0.29) is 5.97 Å². The summed E-state index contributed by atoms with van der Waals surface area (Å²) in [5.74, 6) is -0.342. The molecule has 1 aliphatic rings. The minimum atomic E-state index is -0.342. The van der Waals surface area contributed by atoms with Crippen molar-refractivity contribution >= 4 is 5.97 Å². The molecule has 5 nitrogen and oxygen atoms in total. The molecule has 2 heterocycles. The molecule has 5 heteroatoms. The fraction of sp³-hybridized carbons (Fsp3) is 0.571. The lowest BCUT2D eigenvalue weighted by Gasteiger charge is -2.31. The van der Waals surface area contributed by atoms with E-state index in [0.717, 1.165) is 25.3 Å². The van der Waals surface area contributed by atoms with Crippen LogP contribution >= 0.6 is 0 Å². The number of esters is 1. The van der Waals surface area contributed by atoms with Crippen molar-refractivity contribution < 1.29 is 9.53 Å². The average molecular weight is 263 g/mol. The third kappa shape index (κ3) is 3.75. The van der Waals surface area contributed by atoms with Gasteiger partial charge in [-0.3, -0.25) is 9.88 Å². The Morgan fingerprint density at radius 1 is 1.47 bits per heavy atom. The monoisotopic (exact) mass is 263 g/mol. The van der Waals surface area contributed by atoms with Crippen LogP contribution in [0, 0.1) is 0 Å². The molecule has 1 saturated heterocycles. The molecule has 1 aliphatic heterocycles. The first-order chi connectivity index (χ1) is 9.20. The third-order valence-corrected chi connectivity index (χ3v) is 3.59. The molecule has 0 bridgehead atoms. The highest BCUT2D eigenvalue weighted by molar-refractivity contribution is 5.88. The maximum Gasteiger partial charge on any atom is 0.339 e. The molecule has 0 aliphatic carbocycles. The maximum atomic E-state index is 11.3. The van der Waals surface area contributed by atoms with Crippen LogP contribution in [0.2, 0.25) is 0 Å². The number of nitrogens with zero attached hydrogens (tertiary/aromatic N) is 2. The normalized spacial score (nSPS) is 16.6. The van der Waals surface area contributed by atoms with Crippen LogP contribution < -0.4 is 5.32 Å². The predicted octanol–water partition coefficient (Wildman–Crippen LogP) is 1.05. The number of aromatic nitrogens is 1. The lowest BCUT2D eigenvalue weighted by atomic mass is 10.1. The third-order valence-electron chi connectivity index (χ3n) is 3.59. The Morgan fingerprint density at radius 2 is 2.21 bits per heavy atom. The second-order valence-corrected chi connectivity index (χ2v) is 4.93. The fourth-order valence-electron chi connectivity index (χ4n) is 2.39. The van der Waals surface area contributed by atoms with E-state index in [0.29, 0.717) is 11.6 Å². The summed E-state index contributed by atoms with van der Waals surface area (Å²) in [5, 5.41) is 3.37. The molecule has 0 unspecified atom stereocenters. The quantitative estimate of drug-likeness (QED) is 0.823. The summed E-state index contributed by atoms with van der Waals surface area (Å²) in [6, 6.07) is 4.28. The first-order valence-corrected chi connectivity index (χ1v) is 6.65. The second kappa shape index (κ2) is 6.63. The minimum absolute atomic E-state index is 0.342. The van der Waals surface area contributed by atoms with Crippen molar-refractivity contribution in [1.82, 2.24) is 15.2 Å². The van der Waals surface area contributed by atoms with Gasteiger partial charge in [0, 0.05) is 18.8 Å². The van der Waals surface area contributed by atoms with E-state index in [1.54, 1.807) is 12.3 Å².